The first-order valence-electron chi connectivity index (χ1n) is 21.5. The SMILES string of the molecule is C=C[C@H]1C[N@+]2(Cc3cc(C(F)(F)C(F)(F)C(F)(F)C(F)(F)C(F)(F)C(F)(F)C(F)(F)C(F)(F)F)cc(C(F)(F)C(F)(F)C(F)(F)C(F)(F)C(F)(F)C(F)(F)C(F)(F)C(F)(F)F)c3)CC[C@H]1C[C@@H]2[C@@H](O)c1ccnc2ccc(OC)cc12. The quantitative estimate of drug-likeness (QED) is 0.0696. The predicted octanol–water partition coefficient (Wildman–Crippen LogP) is 15.8. The number of methoxy groups -OCH3 is 1. The van der Waals surface area contributed by atoms with Gasteiger partial charge in [-0.15, -0.1) is 6.58 Å². The molecule has 0 unspecified atom stereocenters. The molecule has 3 aliphatic rings. The summed E-state index contributed by atoms with van der Waals surface area (Å²) >= 11 is 0. The second-order valence-corrected chi connectivity index (χ2v) is 18.7. The number of rotatable bonds is 20. The third-order valence-electron chi connectivity index (χ3n) is 14.0. The monoisotopic (exact) mass is 1250 g/mol. The number of ether oxygens (including phenoxy) is 1. The Morgan fingerprint density at radius 3 is 1.30 bits per heavy atom. The summed E-state index contributed by atoms with van der Waals surface area (Å²) in [7, 11) is 1.11. The lowest BCUT2D eigenvalue weighted by Crippen LogP contribution is -2.74. The van der Waals surface area contributed by atoms with Crippen LogP contribution >= 0.6 is 0 Å². The molecule has 2 bridgehead atoms. The summed E-state index contributed by atoms with van der Waals surface area (Å²) in [6, 6.07) is -1.24. The molecule has 0 aliphatic carbocycles. The van der Waals surface area contributed by atoms with Gasteiger partial charge in [-0.1, -0.05) is 6.08 Å². The van der Waals surface area contributed by atoms with Crippen LogP contribution in [-0.4, -0.2) is 124 Å². The van der Waals surface area contributed by atoms with Crippen LogP contribution in [0.15, 0.2) is 61.3 Å². The molecule has 81 heavy (non-hydrogen) atoms. The van der Waals surface area contributed by atoms with Crippen molar-refractivity contribution < 1.29 is 164 Å². The van der Waals surface area contributed by atoms with Crippen LogP contribution in [0.4, 0.5) is 149 Å². The molecule has 4 nitrogen and oxygen atoms in total. The summed E-state index contributed by atoms with van der Waals surface area (Å²) in [6.45, 7) is 0.253. The highest BCUT2D eigenvalue weighted by molar-refractivity contribution is 5.84. The first-order chi connectivity index (χ1) is 35.8. The van der Waals surface area contributed by atoms with E-state index in [4.69, 9.17) is 4.74 Å². The standard InChI is InChI=1S/C43H29F34N2O2/c1-3-18-16-79(9-7-19(18)12-26(79)27(80)23-6-8-78-25-5-4-22(81-2)14-24(23)25)15-17-10-20(28(44,45)30(48,49)32(52,53)34(56,57)36(60,61)38(64,65)40(68,69)42(72,73)74)13-21(11-17)29(46,47)31(50,51)33(54,55)35(58,59)37(62,63)39(66,67)41(70,71)43(75,76)77/h3-6,8,10-11,13-14,18-19,26-27,80H,1,7,9,12,15-16H2,2H3/q+1/t18-,19-,26+,27-,79+/m0/s1. The lowest BCUT2D eigenvalue weighted by Gasteiger charge is -2.58. The van der Waals surface area contributed by atoms with Crippen molar-refractivity contribution in [3.63, 3.8) is 0 Å². The average molecular weight is 1250 g/mol. The fourth-order valence-corrected chi connectivity index (χ4v) is 9.32. The van der Waals surface area contributed by atoms with Gasteiger partial charge in [-0.2, -0.15) is 149 Å². The van der Waals surface area contributed by atoms with E-state index in [2.05, 4.69) is 11.6 Å². The molecule has 0 amide bonds. The number of quaternary nitrogens is 1. The van der Waals surface area contributed by atoms with E-state index in [0.29, 0.717) is 0 Å². The van der Waals surface area contributed by atoms with E-state index in [1.54, 1.807) is 0 Å². The third kappa shape index (κ3) is 9.04. The third-order valence-corrected chi connectivity index (χ3v) is 14.0. The van der Waals surface area contributed by atoms with E-state index >= 15 is 52.7 Å². The van der Waals surface area contributed by atoms with Gasteiger partial charge in [0.25, 0.3) is 0 Å². The maximum atomic E-state index is 16.1. The van der Waals surface area contributed by atoms with E-state index in [1.165, 1.54) is 18.2 Å². The molecule has 4 heterocycles. The molecule has 0 radical (unpaired) electrons. The number of halogens is 34. The summed E-state index contributed by atoms with van der Waals surface area (Å²) in [5.74, 6) is -128. The Balaban J connectivity index is 1.83. The van der Waals surface area contributed by atoms with E-state index in [0.717, 1.165) is 25.4 Å². The van der Waals surface area contributed by atoms with Crippen LogP contribution in [0, 0.1) is 11.8 Å². The second-order valence-electron chi connectivity index (χ2n) is 18.7. The Morgan fingerprint density at radius 1 is 0.543 bits per heavy atom. The van der Waals surface area contributed by atoms with Gasteiger partial charge in [-0.05, 0) is 53.9 Å². The second kappa shape index (κ2) is 19.2. The minimum absolute atomic E-state index is 0.00153. The molecule has 1 N–H and O–H groups in total. The fourth-order valence-electron chi connectivity index (χ4n) is 9.32. The predicted molar refractivity (Wildman–Crippen MR) is 203 cm³/mol. The van der Waals surface area contributed by atoms with Gasteiger partial charge in [0.2, 0.25) is 0 Å². The number of aromatic nitrogens is 1. The van der Waals surface area contributed by atoms with Gasteiger partial charge in [0.1, 0.15) is 24.4 Å². The summed E-state index contributed by atoms with van der Waals surface area (Å²) in [5, 5.41) is 11.9. The molecule has 3 aromatic rings. The molecular formula is C43H29F34N2O2+. The van der Waals surface area contributed by atoms with Crippen LogP contribution in [0.3, 0.4) is 0 Å². The summed E-state index contributed by atoms with van der Waals surface area (Å²) < 4.78 is 493. The zero-order valence-corrected chi connectivity index (χ0v) is 38.8. The molecule has 1 aromatic heterocycles. The summed E-state index contributed by atoms with van der Waals surface area (Å²) in [5.41, 5.74) is -10.3. The minimum atomic E-state index is -9.45. The Kier molecular flexibility index (Phi) is 15.8. The van der Waals surface area contributed by atoms with Gasteiger partial charge >= 0.3 is 95.3 Å². The molecule has 0 saturated carbocycles. The molecule has 5 atom stereocenters. The lowest BCUT2D eigenvalue weighted by molar-refractivity contribution is -0.984. The molecule has 6 rings (SSSR count). The number of nitrogens with zero attached hydrogens (tertiary/aromatic N) is 2. The number of benzene rings is 2. The van der Waals surface area contributed by atoms with E-state index in [1.807, 2.05) is 0 Å². The molecule has 3 fully saturated rings. The van der Waals surface area contributed by atoms with Crippen molar-refractivity contribution in [2.24, 2.45) is 11.8 Å². The zero-order valence-electron chi connectivity index (χ0n) is 38.8. The number of alkyl halides is 34. The van der Waals surface area contributed by atoms with Crippen molar-refractivity contribution in [1.82, 2.24) is 4.98 Å². The highest BCUT2D eigenvalue weighted by Crippen LogP contribution is 2.68. The number of pyridine rings is 1. The van der Waals surface area contributed by atoms with Gasteiger partial charge in [-0.3, -0.25) is 4.98 Å². The largest absolute Gasteiger partial charge is 0.497 e. The first-order valence-corrected chi connectivity index (χ1v) is 21.5. The Morgan fingerprint density at radius 2 is 0.926 bits per heavy atom. The van der Waals surface area contributed by atoms with Crippen molar-refractivity contribution in [2.75, 3.05) is 20.2 Å². The molecule has 3 saturated heterocycles. The molecule has 3 aliphatic heterocycles. The van der Waals surface area contributed by atoms with Gasteiger partial charge in [0.15, 0.2) is 0 Å². The number of hydrogen-bond acceptors (Lipinski definition) is 3. The smallest absolute Gasteiger partial charge is 0.460 e. The number of aliphatic hydroxyl groups excluding tert-OH is 1. The first kappa shape index (κ1) is 66.7. The number of fused-ring (bicyclic) bond motifs is 4. The van der Waals surface area contributed by atoms with Gasteiger partial charge in [0, 0.05) is 47.0 Å². The minimum Gasteiger partial charge on any atom is -0.497 e. The average Bonchev–Trinajstić information content (AvgIpc) is 3.35. The van der Waals surface area contributed by atoms with Crippen molar-refractivity contribution in [1.29, 1.82) is 0 Å². The van der Waals surface area contributed by atoms with Crippen LogP contribution in [0.25, 0.3) is 10.9 Å². The van der Waals surface area contributed by atoms with Crippen LogP contribution in [-0.2, 0) is 18.4 Å². The van der Waals surface area contributed by atoms with Gasteiger partial charge in [-0.25, -0.2) is 0 Å². The maximum absolute atomic E-state index is 16.1. The Bertz CT molecular complexity index is 2720. The molecule has 38 heteroatoms. The fraction of sp³-hybridized carbons (Fsp3) is 0.605. The van der Waals surface area contributed by atoms with E-state index in [-0.39, 0.29) is 28.6 Å². The highest BCUT2D eigenvalue weighted by Gasteiger charge is 2.97. The van der Waals surface area contributed by atoms with Crippen LogP contribution < -0.4 is 4.74 Å². The van der Waals surface area contributed by atoms with Crippen molar-refractivity contribution >= 4 is 10.9 Å². The van der Waals surface area contributed by atoms with Crippen LogP contribution in [0.5, 0.6) is 5.75 Å². The number of hydrogen-bond donors (Lipinski definition) is 1. The molecule has 2 aromatic carbocycles. The number of piperidine rings is 3. The van der Waals surface area contributed by atoms with Crippen molar-refractivity contribution in [3.05, 3.63) is 83.6 Å². The molecule has 460 valence electrons. The van der Waals surface area contributed by atoms with Crippen LogP contribution in [0.1, 0.15) is 41.2 Å². The Labute approximate surface area is 427 Å². The van der Waals surface area contributed by atoms with Crippen LogP contribution in [0.2, 0.25) is 0 Å². The normalized spacial score (nSPS) is 21.9. The highest BCUT2D eigenvalue weighted by atomic mass is 19.4. The molecular weight excluding hydrogens is 1220 g/mol. The van der Waals surface area contributed by atoms with Crippen molar-refractivity contribution in [3.8, 4) is 5.75 Å². The van der Waals surface area contributed by atoms with Gasteiger partial charge < -0.3 is 14.3 Å². The zero-order chi connectivity index (χ0) is 63.2. The van der Waals surface area contributed by atoms with Gasteiger partial charge in [0.05, 0.1) is 25.7 Å². The molecule has 0 spiro atoms. The Hall–Kier alpha value is -5.07. The van der Waals surface area contributed by atoms with E-state index < -0.39 is 185 Å². The van der Waals surface area contributed by atoms with Crippen molar-refractivity contribution in [2.45, 2.75) is 127 Å². The van der Waals surface area contributed by atoms with E-state index in [9.17, 15) is 102 Å². The summed E-state index contributed by atoms with van der Waals surface area (Å²) in [4.78, 5) is 4.00. The maximum Gasteiger partial charge on any atom is 0.460 e. The summed E-state index contributed by atoms with van der Waals surface area (Å²) in [6.07, 6.45) is -17.3. The number of aliphatic hydroxyl groups is 1. The topological polar surface area (TPSA) is 42.4 Å². The lowest BCUT2D eigenvalue weighted by atomic mass is 9.71.